The molecule has 0 fully saturated rings. The third-order valence-electron chi connectivity index (χ3n) is 1.74. The maximum atomic E-state index is 11.5. The Morgan fingerprint density at radius 2 is 2.21 bits per heavy atom. The van der Waals surface area contributed by atoms with Gasteiger partial charge in [-0.1, -0.05) is 11.6 Å². The lowest BCUT2D eigenvalue weighted by Crippen LogP contribution is -2.23. The Morgan fingerprint density at radius 3 is 2.64 bits per heavy atom. The Labute approximate surface area is 87.9 Å². The topological polar surface area (TPSA) is 45.2 Å². The minimum atomic E-state index is -0.197. The third kappa shape index (κ3) is 2.14. The first kappa shape index (κ1) is 10.8. The summed E-state index contributed by atoms with van der Waals surface area (Å²) in [5.74, 6) is -0.197. The number of hydrogen-bond acceptors (Lipinski definition) is 3. The minimum absolute atomic E-state index is 0.197. The van der Waals surface area contributed by atoms with Crippen LogP contribution >= 0.6 is 11.6 Å². The summed E-state index contributed by atoms with van der Waals surface area (Å²) in [6.07, 6.45) is 1.57. The molecule has 0 aliphatic carbocycles. The smallest absolute Gasteiger partial charge is 0.273 e. The van der Waals surface area contributed by atoms with Gasteiger partial charge >= 0.3 is 0 Å². The maximum Gasteiger partial charge on any atom is 0.273 e. The molecule has 0 saturated heterocycles. The molecule has 1 heterocycles. The zero-order valence-corrected chi connectivity index (χ0v) is 9.09. The maximum absolute atomic E-state index is 11.5. The Bertz CT molecular complexity index is 352. The molecule has 0 radical (unpaired) electrons. The lowest BCUT2D eigenvalue weighted by molar-refractivity contribution is 0.0822. The monoisotopic (exact) mass is 213 g/mol. The van der Waals surface area contributed by atoms with Crippen LogP contribution in [0.25, 0.3) is 0 Å². The summed E-state index contributed by atoms with van der Waals surface area (Å²) < 4.78 is 0. The normalized spacial score (nSPS) is 9.71. The molecule has 76 valence electrons. The van der Waals surface area contributed by atoms with Gasteiger partial charge in [-0.25, -0.2) is 4.98 Å². The van der Waals surface area contributed by atoms with Gasteiger partial charge in [0.25, 0.3) is 5.91 Å². The van der Waals surface area contributed by atoms with Crippen molar-refractivity contribution in [3.63, 3.8) is 0 Å². The molecule has 0 aromatic carbocycles. The zero-order valence-electron chi connectivity index (χ0n) is 8.34. The van der Waals surface area contributed by atoms with Gasteiger partial charge in [-0.15, -0.1) is 0 Å². The molecule has 0 atom stereocenters. The molecule has 1 N–H and O–H groups in total. The number of amides is 1. The number of hydrogen-bond donors (Lipinski definition) is 1. The first-order valence-electron chi connectivity index (χ1n) is 4.11. The fourth-order valence-electron chi connectivity index (χ4n) is 0.944. The second kappa shape index (κ2) is 4.28. The largest absolute Gasteiger partial charge is 0.387 e. The number of carbonyl (C=O) groups is 1. The fraction of sp³-hybridized carbons (Fsp3) is 0.333. The minimum Gasteiger partial charge on any atom is -0.387 e. The highest BCUT2D eigenvalue weighted by atomic mass is 35.5. The molecule has 4 nitrogen and oxygen atoms in total. The van der Waals surface area contributed by atoms with Gasteiger partial charge in [0, 0.05) is 21.1 Å². The standard InChI is InChI=1S/C9H12ClN3O/c1-11-6-4-7(10)8(12-5-6)9(14)13(2)3/h4-5,11H,1-3H3. The van der Waals surface area contributed by atoms with E-state index in [1.54, 1.807) is 33.4 Å². The first-order chi connectivity index (χ1) is 6.56. The van der Waals surface area contributed by atoms with Crippen molar-refractivity contribution in [3.8, 4) is 0 Å². The number of pyridine rings is 1. The summed E-state index contributed by atoms with van der Waals surface area (Å²) >= 11 is 5.90. The van der Waals surface area contributed by atoms with Gasteiger partial charge in [0.15, 0.2) is 0 Å². The molecule has 0 unspecified atom stereocenters. The van der Waals surface area contributed by atoms with Crippen LogP contribution in [0.5, 0.6) is 0 Å². The second-order valence-electron chi connectivity index (χ2n) is 3.00. The van der Waals surface area contributed by atoms with Gasteiger partial charge in [0.1, 0.15) is 5.69 Å². The van der Waals surface area contributed by atoms with E-state index in [1.807, 2.05) is 0 Å². The van der Waals surface area contributed by atoms with E-state index in [4.69, 9.17) is 11.6 Å². The Hall–Kier alpha value is -1.29. The molecule has 0 aliphatic rings. The van der Waals surface area contributed by atoms with Crippen LogP contribution < -0.4 is 5.32 Å². The predicted molar refractivity (Wildman–Crippen MR) is 56.8 cm³/mol. The van der Waals surface area contributed by atoms with E-state index in [1.165, 1.54) is 4.90 Å². The molecule has 14 heavy (non-hydrogen) atoms. The van der Waals surface area contributed by atoms with Crippen molar-refractivity contribution in [1.29, 1.82) is 0 Å². The van der Waals surface area contributed by atoms with Gasteiger partial charge in [-0.05, 0) is 6.07 Å². The number of nitrogens with one attached hydrogen (secondary N) is 1. The van der Waals surface area contributed by atoms with E-state index in [0.717, 1.165) is 5.69 Å². The summed E-state index contributed by atoms with van der Waals surface area (Å²) in [4.78, 5) is 16.9. The van der Waals surface area contributed by atoms with E-state index in [-0.39, 0.29) is 11.6 Å². The quantitative estimate of drug-likeness (QED) is 0.810. The van der Waals surface area contributed by atoms with Crippen molar-refractivity contribution in [2.24, 2.45) is 0 Å². The van der Waals surface area contributed by atoms with E-state index >= 15 is 0 Å². The molecule has 0 bridgehead atoms. The first-order valence-corrected chi connectivity index (χ1v) is 4.49. The molecule has 1 rings (SSSR count). The van der Waals surface area contributed by atoms with Gasteiger partial charge in [-0.3, -0.25) is 4.79 Å². The molecular weight excluding hydrogens is 202 g/mol. The highest BCUT2D eigenvalue weighted by Crippen LogP contribution is 2.18. The van der Waals surface area contributed by atoms with Crippen LogP contribution in [0.3, 0.4) is 0 Å². The zero-order chi connectivity index (χ0) is 10.7. The molecule has 1 aromatic rings. The number of carbonyl (C=O) groups excluding carboxylic acids is 1. The number of rotatable bonds is 2. The molecule has 1 amide bonds. The summed E-state index contributed by atoms with van der Waals surface area (Å²) in [5.41, 5.74) is 1.06. The molecule has 1 aromatic heterocycles. The highest BCUT2D eigenvalue weighted by Gasteiger charge is 2.13. The van der Waals surface area contributed by atoms with Crippen molar-refractivity contribution in [2.45, 2.75) is 0 Å². The Balaban J connectivity index is 3.06. The summed E-state index contributed by atoms with van der Waals surface area (Å²) in [6.45, 7) is 0. The molecular formula is C9H12ClN3O. The van der Waals surface area contributed by atoms with Crippen molar-refractivity contribution in [3.05, 3.63) is 23.0 Å². The fourth-order valence-corrected chi connectivity index (χ4v) is 1.19. The van der Waals surface area contributed by atoms with Crippen molar-refractivity contribution in [1.82, 2.24) is 9.88 Å². The molecule has 0 aliphatic heterocycles. The van der Waals surface area contributed by atoms with Crippen LogP contribution in [-0.2, 0) is 0 Å². The molecule has 0 saturated carbocycles. The van der Waals surface area contributed by atoms with Crippen molar-refractivity contribution >= 4 is 23.2 Å². The molecule has 0 spiro atoms. The van der Waals surface area contributed by atoms with Crippen molar-refractivity contribution in [2.75, 3.05) is 26.5 Å². The van der Waals surface area contributed by atoms with E-state index in [9.17, 15) is 4.79 Å². The number of aromatic nitrogens is 1. The van der Waals surface area contributed by atoms with Gasteiger partial charge in [0.2, 0.25) is 0 Å². The Morgan fingerprint density at radius 1 is 1.57 bits per heavy atom. The van der Waals surface area contributed by atoms with Crippen molar-refractivity contribution < 1.29 is 4.79 Å². The van der Waals surface area contributed by atoms with Gasteiger partial charge in [0.05, 0.1) is 16.9 Å². The van der Waals surface area contributed by atoms with E-state index in [0.29, 0.717) is 5.02 Å². The van der Waals surface area contributed by atoms with Gasteiger partial charge in [-0.2, -0.15) is 0 Å². The van der Waals surface area contributed by atoms with Crippen LogP contribution in [0.2, 0.25) is 5.02 Å². The predicted octanol–water partition coefficient (Wildman–Crippen LogP) is 1.48. The second-order valence-corrected chi connectivity index (χ2v) is 3.41. The van der Waals surface area contributed by atoms with E-state index in [2.05, 4.69) is 10.3 Å². The highest BCUT2D eigenvalue weighted by molar-refractivity contribution is 6.33. The number of halogens is 1. The van der Waals surface area contributed by atoms with Crippen LogP contribution in [-0.4, -0.2) is 36.9 Å². The lowest BCUT2D eigenvalue weighted by atomic mass is 10.3. The van der Waals surface area contributed by atoms with Crippen LogP contribution in [0.4, 0.5) is 5.69 Å². The van der Waals surface area contributed by atoms with E-state index < -0.39 is 0 Å². The molecule has 5 heteroatoms. The summed E-state index contributed by atoms with van der Waals surface area (Å²) in [7, 11) is 5.08. The van der Waals surface area contributed by atoms with Crippen LogP contribution in [0.15, 0.2) is 12.3 Å². The third-order valence-corrected chi connectivity index (χ3v) is 2.03. The summed E-state index contributed by atoms with van der Waals surface area (Å²) in [5, 5.41) is 3.25. The van der Waals surface area contributed by atoms with Crippen LogP contribution in [0.1, 0.15) is 10.5 Å². The number of nitrogens with zero attached hydrogens (tertiary/aromatic N) is 2. The average molecular weight is 214 g/mol. The van der Waals surface area contributed by atoms with Crippen LogP contribution in [0, 0.1) is 0 Å². The average Bonchev–Trinajstić information content (AvgIpc) is 2.16. The number of anilines is 1. The SMILES string of the molecule is CNc1cnc(C(=O)N(C)C)c(Cl)c1. The van der Waals surface area contributed by atoms with Gasteiger partial charge < -0.3 is 10.2 Å². The Kier molecular flexibility index (Phi) is 3.30. The lowest BCUT2D eigenvalue weighted by Gasteiger charge is -2.11. The summed E-state index contributed by atoms with van der Waals surface area (Å²) in [6, 6.07) is 1.67.